The number of hydrogen-bond donors (Lipinski definition) is 1. The molecule has 0 bridgehead atoms. The summed E-state index contributed by atoms with van der Waals surface area (Å²) in [5.74, 6) is 7.08. The van der Waals surface area contributed by atoms with Crippen LogP contribution in [0.15, 0.2) is 11.4 Å². The molecule has 0 aromatic carbocycles. The Morgan fingerprint density at radius 2 is 2.30 bits per heavy atom. The van der Waals surface area contributed by atoms with Gasteiger partial charge in [0, 0.05) is 29.4 Å². The molecule has 1 aliphatic carbocycles. The summed E-state index contributed by atoms with van der Waals surface area (Å²) in [5, 5.41) is 10.9. The quantitative estimate of drug-likeness (QED) is 0.858. The van der Waals surface area contributed by atoms with Crippen molar-refractivity contribution in [1.29, 1.82) is 0 Å². The first-order valence-electron chi connectivity index (χ1n) is 7.57. The Kier molecular flexibility index (Phi) is 6.09. The SMILES string of the molecule is CC1CCCC(N(C)Cc2sccc2C#CCCO)C1. The third-order valence-electron chi connectivity index (χ3n) is 4.13. The summed E-state index contributed by atoms with van der Waals surface area (Å²) in [5.41, 5.74) is 1.14. The van der Waals surface area contributed by atoms with Crippen molar-refractivity contribution in [1.82, 2.24) is 4.90 Å². The second-order valence-electron chi connectivity index (χ2n) is 5.87. The molecule has 0 radical (unpaired) electrons. The summed E-state index contributed by atoms with van der Waals surface area (Å²) in [6.07, 6.45) is 5.97. The number of rotatable bonds is 4. The lowest BCUT2D eigenvalue weighted by Gasteiger charge is -2.34. The van der Waals surface area contributed by atoms with E-state index in [0.29, 0.717) is 6.42 Å². The highest BCUT2D eigenvalue weighted by atomic mass is 32.1. The average Bonchev–Trinajstić information content (AvgIpc) is 2.86. The zero-order valence-corrected chi connectivity index (χ0v) is 13.4. The number of aliphatic hydroxyl groups excluding tert-OH is 1. The molecule has 110 valence electrons. The van der Waals surface area contributed by atoms with Gasteiger partial charge in [-0.2, -0.15) is 0 Å². The van der Waals surface area contributed by atoms with Gasteiger partial charge in [0.05, 0.1) is 6.61 Å². The van der Waals surface area contributed by atoms with Gasteiger partial charge in [0.1, 0.15) is 0 Å². The second-order valence-corrected chi connectivity index (χ2v) is 6.87. The highest BCUT2D eigenvalue weighted by Gasteiger charge is 2.22. The van der Waals surface area contributed by atoms with Gasteiger partial charge in [0.2, 0.25) is 0 Å². The van der Waals surface area contributed by atoms with Crippen molar-refractivity contribution in [3.63, 3.8) is 0 Å². The molecule has 1 saturated carbocycles. The van der Waals surface area contributed by atoms with Crippen LogP contribution in [0.4, 0.5) is 0 Å². The van der Waals surface area contributed by atoms with E-state index in [9.17, 15) is 0 Å². The largest absolute Gasteiger partial charge is 0.395 e. The number of thiophene rings is 1. The van der Waals surface area contributed by atoms with E-state index in [1.54, 1.807) is 11.3 Å². The lowest BCUT2D eigenvalue weighted by Crippen LogP contribution is -2.35. The maximum atomic E-state index is 8.80. The molecule has 1 aromatic rings. The van der Waals surface area contributed by atoms with Gasteiger partial charge in [-0.05, 0) is 37.3 Å². The molecule has 2 rings (SSSR count). The fourth-order valence-electron chi connectivity index (χ4n) is 2.95. The maximum Gasteiger partial charge on any atom is 0.0540 e. The molecule has 0 saturated heterocycles. The number of hydrogen-bond acceptors (Lipinski definition) is 3. The maximum absolute atomic E-state index is 8.80. The Hall–Kier alpha value is -0.820. The van der Waals surface area contributed by atoms with E-state index in [-0.39, 0.29) is 6.61 Å². The lowest BCUT2D eigenvalue weighted by atomic mass is 9.86. The predicted molar refractivity (Wildman–Crippen MR) is 85.8 cm³/mol. The van der Waals surface area contributed by atoms with Gasteiger partial charge >= 0.3 is 0 Å². The van der Waals surface area contributed by atoms with Crippen LogP contribution in [0.2, 0.25) is 0 Å². The normalized spacial score (nSPS) is 22.6. The van der Waals surface area contributed by atoms with Crippen molar-refractivity contribution < 1.29 is 5.11 Å². The third kappa shape index (κ3) is 4.34. The van der Waals surface area contributed by atoms with E-state index in [1.165, 1.54) is 30.6 Å². The first-order valence-corrected chi connectivity index (χ1v) is 8.45. The van der Waals surface area contributed by atoms with Crippen molar-refractivity contribution in [2.75, 3.05) is 13.7 Å². The Morgan fingerprint density at radius 1 is 1.45 bits per heavy atom. The minimum atomic E-state index is 0.145. The van der Waals surface area contributed by atoms with Gasteiger partial charge in [0.15, 0.2) is 0 Å². The molecule has 0 spiro atoms. The number of nitrogens with zero attached hydrogens (tertiary/aromatic N) is 1. The molecule has 3 heteroatoms. The molecular weight excluding hydrogens is 266 g/mol. The van der Waals surface area contributed by atoms with E-state index >= 15 is 0 Å². The van der Waals surface area contributed by atoms with Gasteiger partial charge in [-0.25, -0.2) is 0 Å². The van der Waals surface area contributed by atoms with Crippen LogP contribution in [0, 0.1) is 17.8 Å². The van der Waals surface area contributed by atoms with Crippen molar-refractivity contribution in [3.8, 4) is 11.8 Å². The number of aliphatic hydroxyl groups is 1. The molecule has 20 heavy (non-hydrogen) atoms. The topological polar surface area (TPSA) is 23.5 Å². The summed E-state index contributed by atoms with van der Waals surface area (Å²) in [4.78, 5) is 3.86. The molecule has 1 N–H and O–H groups in total. The van der Waals surface area contributed by atoms with Gasteiger partial charge in [0.25, 0.3) is 0 Å². The molecule has 1 heterocycles. The summed E-state index contributed by atoms with van der Waals surface area (Å²) < 4.78 is 0. The van der Waals surface area contributed by atoms with E-state index in [0.717, 1.165) is 24.1 Å². The van der Waals surface area contributed by atoms with E-state index in [2.05, 4.69) is 42.2 Å². The fourth-order valence-corrected chi connectivity index (χ4v) is 3.84. The highest BCUT2D eigenvalue weighted by Crippen LogP contribution is 2.28. The monoisotopic (exact) mass is 291 g/mol. The van der Waals surface area contributed by atoms with Gasteiger partial charge in [-0.1, -0.05) is 31.6 Å². The van der Waals surface area contributed by atoms with Crippen LogP contribution in [0.5, 0.6) is 0 Å². The van der Waals surface area contributed by atoms with Gasteiger partial charge in [-0.3, -0.25) is 4.90 Å². The third-order valence-corrected chi connectivity index (χ3v) is 5.04. The van der Waals surface area contributed by atoms with Crippen LogP contribution in [0.1, 0.15) is 49.5 Å². The zero-order valence-electron chi connectivity index (χ0n) is 12.6. The van der Waals surface area contributed by atoms with Crippen LogP contribution in [-0.4, -0.2) is 29.7 Å². The zero-order chi connectivity index (χ0) is 14.4. The van der Waals surface area contributed by atoms with Crippen LogP contribution in [0.25, 0.3) is 0 Å². The minimum Gasteiger partial charge on any atom is -0.395 e. The molecular formula is C17H25NOS. The lowest BCUT2D eigenvalue weighted by molar-refractivity contribution is 0.159. The highest BCUT2D eigenvalue weighted by molar-refractivity contribution is 7.10. The van der Waals surface area contributed by atoms with Crippen LogP contribution < -0.4 is 0 Å². The Labute approximate surface area is 126 Å². The summed E-state index contributed by atoms with van der Waals surface area (Å²) >= 11 is 1.79. The smallest absolute Gasteiger partial charge is 0.0540 e. The van der Waals surface area contributed by atoms with Crippen molar-refractivity contribution in [2.24, 2.45) is 5.92 Å². The standard InChI is InChI=1S/C17H25NOS/c1-14-6-5-8-16(12-14)18(2)13-17-15(9-11-20-17)7-3-4-10-19/h9,11,14,16,19H,4-6,8,10,12-13H2,1-2H3. The summed E-state index contributed by atoms with van der Waals surface area (Å²) in [7, 11) is 2.24. The Bertz CT molecular complexity index is 471. The van der Waals surface area contributed by atoms with Crippen molar-refractivity contribution >= 4 is 11.3 Å². The van der Waals surface area contributed by atoms with Crippen molar-refractivity contribution in [2.45, 2.75) is 51.6 Å². The molecule has 2 nitrogen and oxygen atoms in total. The fraction of sp³-hybridized carbons (Fsp3) is 0.647. The van der Waals surface area contributed by atoms with E-state index in [4.69, 9.17) is 5.11 Å². The first-order chi connectivity index (χ1) is 9.70. The van der Waals surface area contributed by atoms with Crippen LogP contribution >= 0.6 is 11.3 Å². The van der Waals surface area contributed by atoms with E-state index < -0.39 is 0 Å². The molecule has 2 unspecified atom stereocenters. The van der Waals surface area contributed by atoms with Gasteiger partial charge < -0.3 is 5.11 Å². The van der Waals surface area contributed by atoms with Gasteiger partial charge in [-0.15, -0.1) is 11.3 Å². The molecule has 0 aliphatic heterocycles. The second kappa shape index (κ2) is 7.83. The van der Waals surface area contributed by atoms with Crippen LogP contribution in [-0.2, 0) is 6.54 Å². The molecule has 1 aromatic heterocycles. The van der Waals surface area contributed by atoms with Crippen molar-refractivity contribution in [3.05, 3.63) is 21.9 Å². The first kappa shape index (κ1) is 15.6. The predicted octanol–water partition coefficient (Wildman–Crippen LogP) is 3.49. The summed E-state index contributed by atoms with van der Waals surface area (Å²) in [6.45, 7) is 3.52. The van der Waals surface area contributed by atoms with E-state index in [1.807, 2.05) is 0 Å². The molecule has 1 aliphatic rings. The molecule has 1 fully saturated rings. The minimum absolute atomic E-state index is 0.145. The average molecular weight is 291 g/mol. The Morgan fingerprint density at radius 3 is 3.05 bits per heavy atom. The molecule has 0 amide bonds. The van der Waals surface area contributed by atoms with Crippen LogP contribution in [0.3, 0.4) is 0 Å². The summed E-state index contributed by atoms with van der Waals surface area (Å²) in [6, 6.07) is 2.82. The molecule has 2 atom stereocenters. The Balaban J connectivity index is 1.96.